The molecule has 27 heavy (non-hydrogen) atoms. The summed E-state index contributed by atoms with van der Waals surface area (Å²) in [6.45, 7) is 0. The molecule has 2 aromatic carbocycles. The van der Waals surface area contributed by atoms with Gasteiger partial charge in [-0.15, -0.1) is 0 Å². The van der Waals surface area contributed by atoms with Gasteiger partial charge in [0, 0.05) is 4.47 Å². The van der Waals surface area contributed by atoms with Crippen LogP contribution in [0.3, 0.4) is 0 Å². The summed E-state index contributed by atoms with van der Waals surface area (Å²) in [6, 6.07) is 9.85. The molecule has 6 nitrogen and oxygen atoms in total. The summed E-state index contributed by atoms with van der Waals surface area (Å²) in [5.74, 6) is -1.31. The second kappa shape index (κ2) is 7.67. The van der Waals surface area contributed by atoms with Crippen molar-refractivity contribution in [3.8, 4) is 11.5 Å². The standard InChI is InChI=1S/C18H12BrClN2O4S/c1-26-14-7-9(6-13(20)15(14)23)5-12-16(24)21-18(27)22(17(12)25)11-4-2-3-10(19)8-11/h2-8,23H,1H3,(H,21,24,27). The number of nitrogens with zero attached hydrogens (tertiary/aromatic N) is 1. The Kier molecular flexibility index (Phi) is 5.50. The summed E-state index contributed by atoms with van der Waals surface area (Å²) in [5.41, 5.74) is 0.786. The normalized spacial score (nSPS) is 15.9. The van der Waals surface area contributed by atoms with Gasteiger partial charge in [-0.25, -0.2) is 0 Å². The number of nitrogens with one attached hydrogen (secondary N) is 1. The van der Waals surface area contributed by atoms with Gasteiger partial charge in [0.05, 0.1) is 17.8 Å². The summed E-state index contributed by atoms with van der Waals surface area (Å²) in [5, 5.41) is 12.4. The fraction of sp³-hybridized carbons (Fsp3) is 0.0556. The number of aromatic hydroxyl groups is 1. The van der Waals surface area contributed by atoms with Gasteiger partial charge < -0.3 is 9.84 Å². The number of phenolic OH excluding ortho intramolecular Hbond substituents is 1. The molecule has 1 aliphatic heterocycles. The molecule has 9 heteroatoms. The van der Waals surface area contributed by atoms with Gasteiger partial charge in [0.1, 0.15) is 5.57 Å². The molecule has 2 amide bonds. The Morgan fingerprint density at radius 1 is 1.30 bits per heavy atom. The van der Waals surface area contributed by atoms with Crippen LogP contribution in [0, 0.1) is 0 Å². The number of phenols is 1. The van der Waals surface area contributed by atoms with Crippen LogP contribution in [0.25, 0.3) is 6.08 Å². The molecular formula is C18H12BrClN2O4S. The minimum atomic E-state index is -0.626. The first-order valence-corrected chi connectivity index (χ1v) is 9.13. The molecule has 0 atom stereocenters. The van der Waals surface area contributed by atoms with Gasteiger partial charge in [-0.05, 0) is 54.2 Å². The van der Waals surface area contributed by atoms with Crippen molar-refractivity contribution >= 4 is 68.4 Å². The molecule has 0 spiro atoms. The highest BCUT2D eigenvalue weighted by Crippen LogP contribution is 2.36. The third-order valence-corrected chi connectivity index (χ3v) is 4.82. The maximum Gasteiger partial charge on any atom is 0.270 e. The lowest BCUT2D eigenvalue weighted by Crippen LogP contribution is -2.54. The third-order valence-electron chi connectivity index (χ3n) is 3.75. The van der Waals surface area contributed by atoms with Crippen LogP contribution in [0.4, 0.5) is 5.69 Å². The van der Waals surface area contributed by atoms with E-state index in [4.69, 9.17) is 28.6 Å². The number of methoxy groups -OCH3 is 1. The number of carbonyl (C=O) groups excluding carboxylic acids is 2. The lowest BCUT2D eigenvalue weighted by Gasteiger charge is -2.29. The van der Waals surface area contributed by atoms with Crippen LogP contribution in [-0.4, -0.2) is 29.1 Å². The van der Waals surface area contributed by atoms with E-state index in [-0.39, 0.29) is 27.2 Å². The van der Waals surface area contributed by atoms with Crippen molar-refractivity contribution < 1.29 is 19.4 Å². The third kappa shape index (κ3) is 3.83. The number of amides is 2. The fourth-order valence-corrected chi connectivity index (χ4v) is 3.39. The predicted molar refractivity (Wildman–Crippen MR) is 110 cm³/mol. The lowest BCUT2D eigenvalue weighted by molar-refractivity contribution is -0.122. The van der Waals surface area contributed by atoms with Gasteiger partial charge in [-0.1, -0.05) is 33.6 Å². The molecule has 0 aliphatic carbocycles. The maximum absolute atomic E-state index is 12.9. The Balaban J connectivity index is 2.06. The number of hydrogen-bond donors (Lipinski definition) is 2. The zero-order valence-electron chi connectivity index (χ0n) is 13.8. The summed E-state index contributed by atoms with van der Waals surface area (Å²) in [6.07, 6.45) is 1.36. The summed E-state index contributed by atoms with van der Waals surface area (Å²) < 4.78 is 5.80. The predicted octanol–water partition coefficient (Wildman–Crippen LogP) is 3.65. The largest absolute Gasteiger partial charge is 0.503 e. The van der Waals surface area contributed by atoms with Crippen LogP contribution in [0.2, 0.25) is 5.02 Å². The molecule has 0 unspecified atom stereocenters. The van der Waals surface area contributed by atoms with E-state index >= 15 is 0 Å². The molecular weight excluding hydrogens is 456 g/mol. The van der Waals surface area contributed by atoms with E-state index in [1.54, 1.807) is 24.3 Å². The summed E-state index contributed by atoms with van der Waals surface area (Å²) >= 11 is 14.5. The SMILES string of the molecule is COc1cc(C=C2C(=O)NC(=S)N(c3cccc(Br)c3)C2=O)cc(Cl)c1O. The number of carbonyl (C=O) groups is 2. The smallest absolute Gasteiger partial charge is 0.270 e. The van der Waals surface area contributed by atoms with Gasteiger partial charge in [0.25, 0.3) is 11.8 Å². The average Bonchev–Trinajstić information content (AvgIpc) is 2.61. The first-order valence-electron chi connectivity index (χ1n) is 7.55. The van der Waals surface area contributed by atoms with E-state index < -0.39 is 11.8 Å². The van der Waals surface area contributed by atoms with Gasteiger partial charge in [-0.2, -0.15) is 0 Å². The molecule has 0 radical (unpaired) electrons. The Morgan fingerprint density at radius 3 is 2.70 bits per heavy atom. The highest BCUT2D eigenvalue weighted by Gasteiger charge is 2.34. The van der Waals surface area contributed by atoms with Crippen LogP contribution in [0.1, 0.15) is 5.56 Å². The molecule has 1 aliphatic rings. The first-order chi connectivity index (χ1) is 12.8. The molecule has 3 rings (SSSR count). The van der Waals surface area contributed by atoms with Crippen molar-refractivity contribution in [2.45, 2.75) is 0 Å². The second-order valence-corrected chi connectivity index (χ2v) is 7.20. The molecule has 0 saturated carbocycles. The van der Waals surface area contributed by atoms with Crippen LogP contribution in [0.5, 0.6) is 11.5 Å². The van der Waals surface area contributed by atoms with E-state index in [0.29, 0.717) is 11.3 Å². The van der Waals surface area contributed by atoms with Gasteiger partial charge >= 0.3 is 0 Å². The van der Waals surface area contributed by atoms with Gasteiger partial charge in [-0.3, -0.25) is 19.8 Å². The van der Waals surface area contributed by atoms with E-state index in [1.165, 1.54) is 30.2 Å². The molecule has 0 aromatic heterocycles. The molecule has 138 valence electrons. The van der Waals surface area contributed by atoms with Crippen LogP contribution in [0.15, 0.2) is 46.4 Å². The van der Waals surface area contributed by atoms with Crippen LogP contribution >= 0.6 is 39.7 Å². The molecule has 1 saturated heterocycles. The Labute approximate surface area is 173 Å². The van der Waals surface area contributed by atoms with Gasteiger partial charge in [0.15, 0.2) is 16.6 Å². The van der Waals surface area contributed by atoms with Gasteiger partial charge in [0.2, 0.25) is 0 Å². The Hall–Kier alpha value is -2.42. The minimum absolute atomic E-state index is 0.0124. The van der Waals surface area contributed by atoms with E-state index in [0.717, 1.165) is 4.47 Å². The highest BCUT2D eigenvalue weighted by atomic mass is 79.9. The molecule has 1 fully saturated rings. The number of ether oxygens (including phenoxy) is 1. The van der Waals surface area contributed by atoms with Crippen LogP contribution in [-0.2, 0) is 9.59 Å². The van der Waals surface area contributed by atoms with E-state index in [1.807, 2.05) is 0 Å². The van der Waals surface area contributed by atoms with Crippen molar-refractivity contribution in [3.05, 3.63) is 57.0 Å². The highest BCUT2D eigenvalue weighted by molar-refractivity contribution is 9.10. The molecule has 2 aromatic rings. The minimum Gasteiger partial charge on any atom is -0.503 e. The van der Waals surface area contributed by atoms with Crippen molar-refractivity contribution in [1.82, 2.24) is 5.32 Å². The Morgan fingerprint density at radius 2 is 2.04 bits per heavy atom. The number of halogens is 2. The summed E-state index contributed by atoms with van der Waals surface area (Å²) in [4.78, 5) is 26.5. The average molecular weight is 468 g/mol. The first kappa shape index (κ1) is 19.3. The fourth-order valence-electron chi connectivity index (χ4n) is 2.51. The van der Waals surface area contributed by atoms with Crippen molar-refractivity contribution in [1.29, 1.82) is 0 Å². The zero-order valence-corrected chi connectivity index (χ0v) is 17.0. The van der Waals surface area contributed by atoms with E-state index in [9.17, 15) is 14.7 Å². The quantitative estimate of drug-likeness (QED) is 0.409. The maximum atomic E-state index is 12.9. The summed E-state index contributed by atoms with van der Waals surface area (Å²) in [7, 11) is 1.37. The monoisotopic (exact) mass is 466 g/mol. The Bertz CT molecular complexity index is 1010. The second-order valence-electron chi connectivity index (χ2n) is 5.49. The lowest BCUT2D eigenvalue weighted by atomic mass is 10.1. The number of rotatable bonds is 3. The van der Waals surface area contributed by atoms with Crippen molar-refractivity contribution in [2.24, 2.45) is 0 Å². The van der Waals surface area contributed by atoms with Crippen molar-refractivity contribution in [2.75, 3.05) is 12.0 Å². The number of benzene rings is 2. The number of hydrogen-bond acceptors (Lipinski definition) is 5. The number of anilines is 1. The molecule has 2 N–H and O–H groups in total. The number of thiocarbonyl (C=S) groups is 1. The van der Waals surface area contributed by atoms with Crippen molar-refractivity contribution in [3.63, 3.8) is 0 Å². The molecule has 0 bridgehead atoms. The molecule has 1 heterocycles. The van der Waals surface area contributed by atoms with E-state index in [2.05, 4.69) is 21.2 Å². The topological polar surface area (TPSA) is 78.9 Å². The zero-order chi connectivity index (χ0) is 19.7. The van der Waals surface area contributed by atoms with Crippen LogP contribution < -0.4 is 15.0 Å².